The van der Waals surface area contributed by atoms with Crippen molar-refractivity contribution in [3.05, 3.63) is 35.0 Å². The number of anilines is 2. The van der Waals surface area contributed by atoms with Gasteiger partial charge in [0.05, 0.1) is 23.1 Å². The van der Waals surface area contributed by atoms with Crippen molar-refractivity contribution in [2.75, 3.05) is 23.7 Å². The number of likely N-dealkylation sites (tertiary alicyclic amines) is 1. The van der Waals surface area contributed by atoms with Gasteiger partial charge in [-0.1, -0.05) is 0 Å². The molecule has 0 saturated carbocycles. The summed E-state index contributed by atoms with van der Waals surface area (Å²) in [5.74, 6) is -2.32. The molecule has 1 aromatic carbocycles. The molecule has 1 unspecified atom stereocenters. The molecule has 0 amide bonds. The van der Waals surface area contributed by atoms with E-state index in [0.29, 0.717) is 22.8 Å². The predicted molar refractivity (Wildman–Crippen MR) is 112 cm³/mol. The lowest BCUT2D eigenvalue weighted by molar-refractivity contribution is -0.0489. The van der Waals surface area contributed by atoms with Crippen LogP contribution in [0.3, 0.4) is 0 Å². The molecule has 2 aliphatic heterocycles. The molecule has 1 saturated heterocycles. The van der Waals surface area contributed by atoms with E-state index >= 15 is 0 Å². The summed E-state index contributed by atoms with van der Waals surface area (Å²) in [6.45, 7) is 9.72. The normalized spacial score (nSPS) is 21.2. The quantitative estimate of drug-likeness (QED) is 0.605. The molecule has 9 heteroatoms. The van der Waals surface area contributed by atoms with Crippen molar-refractivity contribution in [3.8, 4) is 0 Å². The number of rotatable bonds is 4. The van der Waals surface area contributed by atoms with Gasteiger partial charge in [-0.15, -0.1) is 4.72 Å². The summed E-state index contributed by atoms with van der Waals surface area (Å²) in [5.41, 5.74) is 2.60. The highest BCUT2D eigenvalue weighted by molar-refractivity contribution is 7.90. The maximum atomic E-state index is 14.3. The van der Waals surface area contributed by atoms with E-state index in [2.05, 4.69) is 15.4 Å². The molecule has 2 heterocycles. The maximum Gasteiger partial charge on any atom is 0.251 e. The third-order valence-corrected chi connectivity index (χ3v) is 6.85. The molecule has 0 spiro atoms. The molecule has 5 nitrogen and oxygen atoms in total. The Hall–Kier alpha value is -1.58. The lowest BCUT2D eigenvalue weighted by Crippen LogP contribution is -2.42. The molecule has 1 fully saturated rings. The van der Waals surface area contributed by atoms with Crippen LogP contribution >= 0.6 is 0 Å². The summed E-state index contributed by atoms with van der Waals surface area (Å²) in [6, 6.07) is 2.41. The van der Waals surface area contributed by atoms with Gasteiger partial charge in [0.1, 0.15) is 16.4 Å². The molecule has 3 N–H and O–H groups in total. The first-order valence-electron chi connectivity index (χ1n) is 9.76. The topological polar surface area (TPSA) is 62.4 Å². The van der Waals surface area contributed by atoms with Gasteiger partial charge in [0.15, 0.2) is 0 Å². The number of fused-ring (bicyclic) bond motifs is 1. The molecular weight excluding hydrogens is 401 g/mol. The minimum Gasteiger partial charge on any atom is -0.598 e. The van der Waals surface area contributed by atoms with Crippen LogP contribution in [-0.2, 0) is 11.4 Å². The summed E-state index contributed by atoms with van der Waals surface area (Å²) in [4.78, 5) is 1.89. The minimum atomic E-state index is -2.63. The molecule has 0 bridgehead atoms. The maximum absolute atomic E-state index is 14.3. The summed E-state index contributed by atoms with van der Waals surface area (Å²) in [7, 11) is 0. The van der Waals surface area contributed by atoms with Crippen molar-refractivity contribution in [3.63, 3.8) is 0 Å². The lowest BCUT2D eigenvalue weighted by Gasteiger charge is -2.39. The standard InChI is InChI=1S/C20H29F3N4OS/c1-12(26-29(28)19(3,4)5)15-10-14(21)11-16-17(15)25-18(13(2)24-16)27-8-6-20(22,23)7-9-27/h10-12,24-26H,6-9H2,1-5H3/t12-,29?/m1/s1. The molecular formula is C20H29F3N4OS. The molecule has 2 atom stereocenters. The van der Waals surface area contributed by atoms with E-state index in [1.165, 1.54) is 12.1 Å². The fourth-order valence-corrected chi connectivity index (χ4v) is 4.26. The number of nitrogens with one attached hydrogen (secondary N) is 3. The van der Waals surface area contributed by atoms with E-state index in [1.807, 2.05) is 39.5 Å². The average molecular weight is 431 g/mol. The van der Waals surface area contributed by atoms with Gasteiger partial charge in [-0.05, 0) is 46.8 Å². The largest absolute Gasteiger partial charge is 0.598 e. The molecule has 0 aromatic heterocycles. The number of nitrogens with zero attached hydrogens (tertiary/aromatic N) is 1. The van der Waals surface area contributed by atoms with Gasteiger partial charge >= 0.3 is 0 Å². The second-order valence-corrected chi connectivity index (χ2v) is 10.7. The number of benzene rings is 1. The van der Waals surface area contributed by atoms with Crippen LogP contribution in [0.25, 0.3) is 0 Å². The van der Waals surface area contributed by atoms with Crippen LogP contribution < -0.4 is 15.4 Å². The lowest BCUT2D eigenvalue weighted by atomic mass is 10.0. The van der Waals surface area contributed by atoms with E-state index in [1.54, 1.807) is 0 Å². The number of hydrogen-bond donors (Lipinski definition) is 3. The second-order valence-electron chi connectivity index (χ2n) is 8.70. The van der Waals surface area contributed by atoms with Crippen LogP contribution in [0.2, 0.25) is 0 Å². The van der Waals surface area contributed by atoms with Crippen LogP contribution in [0.1, 0.15) is 59.1 Å². The zero-order valence-corrected chi connectivity index (χ0v) is 18.3. The number of allylic oxidation sites excluding steroid dienone is 1. The summed E-state index contributed by atoms with van der Waals surface area (Å²) < 4.78 is 56.5. The van der Waals surface area contributed by atoms with Crippen molar-refractivity contribution in [2.24, 2.45) is 0 Å². The summed E-state index contributed by atoms with van der Waals surface area (Å²) >= 11 is -1.33. The van der Waals surface area contributed by atoms with E-state index in [0.717, 1.165) is 5.70 Å². The van der Waals surface area contributed by atoms with Crippen molar-refractivity contribution in [1.82, 2.24) is 9.62 Å². The first-order chi connectivity index (χ1) is 13.4. The number of halogens is 3. The van der Waals surface area contributed by atoms with E-state index in [4.69, 9.17) is 0 Å². The van der Waals surface area contributed by atoms with Crippen molar-refractivity contribution in [1.29, 1.82) is 0 Å². The first-order valence-corrected chi connectivity index (χ1v) is 10.9. The average Bonchev–Trinajstić information content (AvgIpc) is 2.60. The Kier molecular flexibility index (Phi) is 6.04. The van der Waals surface area contributed by atoms with Gasteiger partial charge in [0, 0.05) is 42.9 Å². The Morgan fingerprint density at radius 1 is 1.21 bits per heavy atom. The van der Waals surface area contributed by atoms with Crippen LogP contribution in [0, 0.1) is 5.82 Å². The Morgan fingerprint density at radius 2 is 1.83 bits per heavy atom. The summed E-state index contributed by atoms with van der Waals surface area (Å²) in [5, 5.41) is 6.52. The Balaban J connectivity index is 1.87. The van der Waals surface area contributed by atoms with Crippen LogP contribution in [0.4, 0.5) is 24.5 Å². The number of piperidine rings is 1. The van der Waals surface area contributed by atoms with Crippen molar-refractivity contribution in [2.45, 2.75) is 64.2 Å². The molecule has 1 aromatic rings. The third kappa shape index (κ3) is 4.95. The highest BCUT2D eigenvalue weighted by atomic mass is 32.2. The van der Waals surface area contributed by atoms with Gasteiger partial charge in [-0.2, -0.15) is 0 Å². The fraction of sp³-hybridized carbons (Fsp3) is 0.600. The van der Waals surface area contributed by atoms with Gasteiger partial charge in [0.2, 0.25) is 0 Å². The highest BCUT2D eigenvalue weighted by Crippen LogP contribution is 2.39. The van der Waals surface area contributed by atoms with E-state index < -0.39 is 27.8 Å². The Morgan fingerprint density at radius 3 is 2.41 bits per heavy atom. The number of hydrogen-bond acceptors (Lipinski definition) is 5. The molecule has 162 valence electrons. The highest BCUT2D eigenvalue weighted by Gasteiger charge is 2.36. The Bertz CT molecular complexity index is 800. The SMILES string of the molecule is CC1=C(N2CCC(F)(F)CC2)Nc2c(cc(F)cc2[C@@H](C)N[S+]([O-])C(C)(C)C)N1. The Labute approximate surface area is 173 Å². The van der Waals surface area contributed by atoms with Crippen LogP contribution in [0.15, 0.2) is 23.7 Å². The first kappa shape index (κ1) is 22.1. The fourth-order valence-electron chi connectivity index (χ4n) is 3.46. The predicted octanol–water partition coefficient (Wildman–Crippen LogP) is 4.70. The molecule has 0 radical (unpaired) electrons. The van der Waals surface area contributed by atoms with Gasteiger partial charge in [0.25, 0.3) is 5.92 Å². The van der Waals surface area contributed by atoms with Gasteiger partial charge in [-0.3, -0.25) is 0 Å². The monoisotopic (exact) mass is 430 g/mol. The zero-order chi connectivity index (χ0) is 21.6. The summed E-state index contributed by atoms with van der Waals surface area (Å²) in [6.07, 6.45) is -0.395. The molecule has 0 aliphatic carbocycles. The van der Waals surface area contributed by atoms with Crippen LogP contribution in [0.5, 0.6) is 0 Å². The van der Waals surface area contributed by atoms with Crippen molar-refractivity contribution >= 4 is 22.7 Å². The van der Waals surface area contributed by atoms with Crippen molar-refractivity contribution < 1.29 is 17.7 Å². The van der Waals surface area contributed by atoms with E-state index in [9.17, 15) is 17.7 Å². The molecule has 3 rings (SSSR count). The van der Waals surface area contributed by atoms with Gasteiger partial charge < -0.3 is 20.1 Å². The second kappa shape index (κ2) is 7.92. The van der Waals surface area contributed by atoms with Crippen LogP contribution in [-0.4, -0.2) is 33.2 Å². The molecule has 29 heavy (non-hydrogen) atoms. The van der Waals surface area contributed by atoms with E-state index in [-0.39, 0.29) is 32.0 Å². The molecule has 2 aliphatic rings. The number of alkyl halides is 2. The van der Waals surface area contributed by atoms with Gasteiger partial charge in [-0.25, -0.2) is 13.2 Å². The minimum absolute atomic E-state index is 0.197. The zero-order valence-electron chi connectivity index (χ0n) is 17.5. The third-order valence-electron chi connectivity index (χ3n) is 5.17. The smallest absolute Gasteiger partial charge is 0.251 e.